The van der Waals surface area contributed by atoms with Gasteiger partial charge in [-0.3, -0.25) is 8.37 Å². The van der Waals surface area contributed by atoms with Crippen LogP contribution in [0.2, 0.25) is 0 Å². The minimum atomic E-state index is -4.64. The number of esters is 2. The molecule has 258 valence electrons. The normalized spacial score (nSPS) is 21.1. The van der Waals surface area contributed by atoms with Crippen LogP contribution < -0.4 is 0 Å². The van der Waals surface area contributed by atoms with Crippen LogP contribution in [0.4, 0.5) is 0 Å². The number of hydrogen-bond donors (Lipinski definition) is 0. The first kappa shape index (κ1) is 35.9. The molecule has 5 atom stereocenters. The van der Waals surface area contributed by atoms with Crippen LogP contribution in [0.1, 0.15) is 31.8 Å². The van der Waals surface area contributed by atoms with Gasteiger partial charge < -0.3 is 18.9 Å². The van der Waals surface area contributed by atoms with E-state index in [1.807, 2.05) is 0 Å². The molecule has 0 spiro atoms. The van der Waals surface area contributed by atoms with E-state index < -0.39 is 69.5 Å². The van der Waals surface area contributed by atoms with E-state index in [9.17, 15) is 26.4 Å². The zero-order valence-electron chi connectivity index (χ0n) is 26.7. The molecule has 0 radical (unpaired) electrons. The van der Waals surface area contributed by atoms with E-state index in [0.29, 0.717) is 0 Å². The fraction of sp³-hybridized carbons (Fsp3) is 0.257. The van der Waals surface area contributed by atoms with Gasteiger partial charge in [0.2, 0.25) is 0 Å². The molecule has 1 fully saturated rings. The predicted octanol–water partition coefficient (Wildman–Crippen LogP) is 4.61. The van der Waals surface area contributed by atoms with E-state index >= 15 is 0 Å². The van der Waals surface area contributed by atoms with Gasteiger partial charge >= 0.3 is 11.9 Å². The van der Waals surface area contributed by atoms with Crippen molar-refractivity contribution in [2.24, 2.45) is 0 Å². The Morgan fingerprint density at radius 3 is 1.53 bits per heavy atom. The van der Waals surface area contributed by atoms with Crippen molar-refractivity contribution < 1.29 is 53.7 Å². The van der Waals surface area contributed by atoms with Gasteiger partial charge in [0.1, 0.15) is 12.2 Å². The van der Waals surface area contributed by atoms with E-state index in [1.165, 1.54) is 55.6 Å². The average Bonchev–Trinajstić information content (AvgIpc) is 3.10. The summed E-state index contributed by atoms with van der Waals surface area (Å²) in [5.74, 6) is -1.79. The van der Waals surface area contributed by atoms with E-state index in [-0.39, 0.29) is 20.9 Å². The Bertz CT molecular complexity index is 1950. The van der Waals surface area contributed by atoms with Gasteiger partial charge in [-0.1, -0.05) is 71.8 Å². The summed E-state index contributed by atoms with van der Waals surface area (Å²) < 4.78 is 87.9. The van der Waals surface area contributed by atoms with Gasteiger partial charge in [0, 0.05) is 7.11 Å². The first-order valence-corrected chi connectivity index (χ1v) is 17.9. The van der Waals surface area contributed by atoms with Crippen LogP contribution in [-0.2, 0) is 47.5 Å². The molecule has 0 N–H and O–H groups in total. The van der Waals surface area contributed by atoms with E-state index in [2.05, 4.69) is 0 Å². The van der Waals surface area contributed by atoms with Crippen LogP contribution in [0.3, 0.4) is 0 Å². The number of carbonyl (C=O) groups is 2. The predicted molar refractivity (Wildman–Crippen MR) is 175 cm³/mol. The Morgan fingerprint density at radius 1 is 0.612 bits per heavy atom. The molecule has 1 saturated heterocycles. The van der Waals surface area contributed by atoms with Crippen molar-refractivity contribution in [3.8, 4) is 0 Å². The average molecular weight is 711 g/mol. The second-order valence-corrected chi connectivity index (χ2v) is 14.3. The summed E-state index contributed by atoms with van der Waals surface area (Å²) in [5, 5.41) is 0. The zero-order valence-corrected chi connectivity index (χ0v) is 28.3. The van der Waals surface area contributed by atoms with Gasteiger partial charge in [-0.05, 0) is 62.4 Å². The molecular weight excluding hydrogens is 677 g/mol. The third-order valence-corrected chi connectivity index (χ3v) is 10.2. The molecule has 0 saturated carbocycles. The Hall–Kier alpha value is -4.44. The van der Waals surface area contributed by atoms with Gasteiger partial charge in [-0.2, -0.15) is 16.8 Å². The number of hydrogen-bond acceptors (Lipinski definition) is 12. The number of methoxy groups -OCH3 is 1. The summed E-state index contributed by atoms with van der Waals surface area (Å²) in [6.07, 6.45) is -8.21. The van der Waals surface area contributed by atoms with Crippen LogP contribution in [-0.4, -0.2) is 73.2 Å². The smallest absolute Gasteiger partial charge is 0.338 e. The maximum Gasteiger partial charge on any atom is 0.338 e. The minimum absolute atomic E-state index is 0.0889. The van der Waals surface area contributed by atoms with Crippen LogP contribution in [0.5, 0.6) is 0 Å². The number of ether oxygens (including phenoxy) is 4. The monoisotopic (exact) mass is 710 g/mol. The van der Waals surface area contributed by atoms with Crippen molar-refractivity contribution in [1.29, 1.82) is 0 Å². The molecule has 49 heavy (non-hydrogen) atoms. The largest absolute Gasteiger partial charge is 0.452 e. The number of rotatable bonds is 12. The number of carbonyl (C=O) groups excluding carboxylic acids is 2. The first-order valence-electron chi connectivity index (χ1n) is 15.0. The molecule has 1 aliphatic heterocycles. The molecule has 0 bridgehead atoms. The number of benzene rings is 4. The molecule has 1 aliphatic rings. The maximum atomic E-state index is 13.7. The molecule has 5 rings (SSSR count). The second kappa shape index (κ2) is 15.4. The van der Waals surface area contributed by atoms with Crippen LogP contribution in [0, 0.1) is 13.8 Å². The van der Waals surface area contributed by atoms with Gasteiger partial charge in [0.25, 0.3) is 20.2 Å². The van der Waals surface area contributed by atoms with Gasteiger partial charge in [0.15, 0.2) is 18.5 Å². The van der Waals surface area contributed by atoms with Crippen molar-refractivity contribution in [3.05, 3.63) is 131 Å². The third-order valence-electron chi connectivity index (χ3n) is 7.57. The third kappa shape index (κ3) is 8.78. The molecule has 4 aromatic rings. The lowest BCUT2D eigenvalue weighted by atomic mass is 9.98. The molecular formula is C35H34O12S2. The molecule has 0 unspecified atom stereocenters. The quantitative estimate of drug-likeness (QED) is 0.149. The zero-order chi connectivity index (χ0) is 35.2. The standard InChI is InChI=1S/C35H34O12S2/c1-23-14-18-27(19-15-23)48(38,39)43-22-29-30(47-49(40,41)28-20-16-24(2)17-21-28)31(45-33(36)25-10-6-4-7-11-25)32(35(42-3)44-29)46-34(37)26-12-8-5-9-13-26/h4-21,29-32,35H,22H2,1-3H3/t29-,30+,31-,32+,35-/m0/s1. The molecule has 12 nitrogen and oxygen atoms in total. The summed E-state index contributed by atoms with van der Waals surface area (Å²) in [6.45, 7) is 2.75. The fourth-order valence-corrected chi connectivity index (χ4v) is 6.97. The molecule has 0 aromatic heterocycles. The Labute approximate surface area is 284 Å². The minimum Gasteiger partial charge on any atom is -0.452 e. The second-order valence-electron chi connectivity index (χ2n) is 11.1. The summed E-state index contributed by atoms with van der Waals surface area (Å²) >= 11 is 0. The molecule has 0 aliphatic carbocycles. The Balaban J connectivity index is 1.56. The highest BCUT2D eigenvalue weighted by atomic mass is 32.2. The molecule has 14 heteroatoms. The Morgan fingerprint density at radius 2 is 1.06 bits per heavy atom. The SMILES string of the molecule is CO[C@H]1O[C@@H](COS(=O)(=O)c2ccc(C)cc2)[C@@H](OS(=O)(=O)c2ccc(C)cc2)[C@H](OC(=O)c2ccccc2)[C@H]1OC(=O)c1ccccc1. The van der Waals surface area contributed by atoms with Crippen molar-refractivity contribution in [2.45, 2.75) is 54.3 Å². The van der Waals surface area contributed by atoms with Crippen molar-refractivity contribution in [3.63, 3.8) is 0 Å². The molecule has 0 amide bonds. The van der Waals surface area contributed by atoms with Crippen molar-refractivity contribution in [1.82, 2.24) is 0 Å². The highest BCUT2D eigenvalue weighted by molar-refractivity contribution is 7.87. The van der Waals surface area contributed by atoms with E-state index in [0.717, 1.165) is 11.1 Å². The summed E-state index contributed by atoms with van der Waals surface area (Å²) in [5.41, 5.74) is 1.81. The summed E-state index contributed by atoms with van der Waals surface area (Å²) in [4.78, 5) is 26.4. The van der Waals surface area contributed by atoms with Crippen LogP contribution in [0.15, 0.2) is 119 Å². The van der Waals surface area contributed by atoms with E-state index in [1.54, 1.807) is 74.5 Å². The van der Waals surface area contributed by atoms with E-state index in [4.69, 9.17) is 27.3 Å². The summed E-state index contributed by atoms with van der Waals surface area (Å²) in [6, 6.07) is 27.3. The fourth-order valence-electron chi connectivity index (χ4n) is 4.95. The molecule has 4 aromatic carbocycles. The van der Waals surface area contributed by atoms with Gasteiger partial charge in [-0.15, -0.1) is 0 Å². The lowest BCUT2D eigenvalue weighted by molar-refractivity contribution is -0.286. The maximum absolute atomic E-state index is 13.7. The topological polar surface area (TPSA) is 158 Å². The van der Waals surface area contributed by atoms with Gasteiger partial charge in [-0.25, -0.2) is 9.59 Å². The number of aryl methyl sites for hydroxylation is 2. The van der Waals surface area contributed by atoms with Gasteiger partial charge in [0.05, 0.1) is 27.5 Å². The first-order chi connectivity index (χ1) is 23.4. The van der Waals surface area contributed by atoms with Crippen LogP contribution >= 0.6 is 0 Å². The Kier molecular flexibility index (Phi) is 11.3. The molecule has 1 heterocycles. The highest BCUT2D eigenvalue weighted by Crippen LogP contribution is 2.33. The van der Waals surface area contributed by atoms with Crippen molar-refractivity contribution in [2.75, 3.05) is 13.7 Å². The lowest BCUT2D eigenvalue weighted by Gasteiger charge is -2.43. The summed E-state index contributed by atoms with van der Waals surface area (Å²) in [7, 11) is -7.82. The highest BCUT2D eigenvalue weighted by Gasteiger charge is 2.53. The van der Waals surface area contributed by atoms with Crippen LogP contribution in [0.25, 0.3) is 0 Å². The van der Waals surface area contributed by atoms with Crippen molar-refractivity contribution >= 4 is 32.2 Å². The lowest BCUT2D eigenvalue weighted by Crippen LogP contribution is -2.63.